The molecule has 0 spiro atoms. The van der Waals surface area contributed by atoms with Gasteiger partial charge < -0.3 is 10.1 Å². The minimum absolute atomic E-state index is 0.277. The summed E-state index contributed by atoms with van der Waals surface area (Å²) >= 11 is 0. The molecule has 1 saturated heterocycles. The van der Waals surface area contributed by atoms with Gasteiger partial charge in [0.2, 0.25) is 0 Å². The average Bonchev–Trinajstić information content (AvgIpc) is 2.40. The van der Waals surface area contributed by atoms with E-state index in [0.29, 0.717) is 5.92 Å². The first-order valence-electron chi connectivity index (χ1n) is 7.62. The summed E-state index contributed by atoms with van der Waals surface area (Å²) < 4.78 is 6.13. The molecule has 0 radical (unpaired) electrons. The smallest absolute Gasteiger partial charge is 0.0870 e. The first-order chi connectivity index (χ1) is 9.24. The first kappa shape index (κ1) is 14.5. The van der Waals surface area contributed by atoms with E-state index in [9.17, 15) is 0 Å². The molecule has 0 aliphatic carbocycles. The zero-order valence-electron chi connectivity index (χ0n) is 12.5. The Kier molecular flexibility index (Phi) is 5.41. The summed E-state index contributed by atoms with van der Waals surface area (Å²) in [4.78, 5) is 0. The highest BCUT2D eigenvalue weighted by atomic mass is 16.5. The quantitative estimate of drug-likeness (QED) is 0.815. The van der Waals surface area contributed by atoms with Gasteiger partial charge >= 0.3 is 0 Å². The van der Waals surface area contributed by atoms with Crippen LogP contribution in [-0.2, 0) is 4.74 Å². The van der Waals surface area contributed by atoms with E-state index in [1.807, 2.05) is 0 Å². The predicted octanol–water partition coefficient (Wildman–Crippen LogP) is 3.77. The normalized spacial score (nSPS) is 23.5. The summed E-state index contributed by atoms with van der Waals surface area (Å²) in [5.74, 6) is 0.611. The fraction of sp³-hybridized carbons (Fsp3) is 0.647. The van der Waals surface area contributed by atoms with Crippen molar-refractivity contribution in [3.8, 4) is 0 Å². The van der Waals surface area contributed by atoms with Crippen molar-refractivity contribution in [2.45, 2.75) is 46.1 Å². The second kappa shape index (κ2) is 7.06. The lowest BCUT2D eigenvalue weighted by atomic mass is 9.85. The van der Waals surface area contributed by atoms with Crippen LogP contribution in [0.25, 0.3) is 0 Å². The van der Waals surface area contributed by atoms with Crippen molar-refractivity contribution in [3.63, 3.8) is 0 Å². The number of aryl methyl sites for hydroxylation is 2. The molecule has 0 bridgehead atoms. The topological polar surface area (TPSA) is 21.3 Å². The summed E-state index contributed by atoms with van der Waals surface area (Å²) in [6.45, 7) is 9.71. The minimum Gasteiger partial charge on any atom is -0.373 e. The van der Waals surface area contributed by atoms with Crippen molar-refractivity contribution in [1.82, 2.24) is 5.32 Å². The fourth-order valence-electron chi connectivity index (χ4n) is 3.11. The Morgan fingerprint density at radius 3 is 2.68 bits per heavy atom. The van der Waals surface area contributed by atoms with Crippen molar-refractivity contribution in [3.05, 3.63) is 34.9 Å². The van der Waals surface area contributed by atoms with Crippen LogP contribution in [0.5, 0.6) is 0 Å². The summed E-state index contributed by atoms with van der Waals surface area (Å²) in [7, 11) is 0. The lowest BCUT2D eigenvalue weighted by Gasteiger charge is -2.34. The van der Waals surface area contributed by atoms with Crippen molar-refractivity contribution in [1.29, 1.82) is 0 Å². The van der Waals surface area contributed by atoms with Gasteiger partial charge in [-0.3, -0.25) is 0 Å². The van der Waals surface area contributed by atoms with Gasteiger partial charge in [-0.2, -0.15) is 0 Å². The maximum atomic E-state index is 6.13. The van der Waals surface area contributed by atoms with Gasteiger partial charge in [0.05, 0.1) is 6.10 Å². The van der Waals surface area contributed by atoms with Gasteiger partial charge in [-0.15, -0.1) is 0 Å². The molecule has 1 aliphatic rings. The van der Waals surface area contributed by atoms with Crippen LogP contribution in [0.1, 0.15) is 49.0 Å². The third kappa shape index (κ3) is 3.58. The summed E-state index contributed by atoms with van der Waals surface area (Å²) in [5, 5.41) is 3.56. The first-order valence-corrected chi connectivity index (χ1v) is 7.62. The Morgan fingerprint density at radius 1 is 1.26 bits per heavy atom. The number of hydrogen-bond donors (Lipinski definition) is 1. The number of rotatable bonds is 5. The van der Waals surface area contributed by atoms with E-state index >= 15 is 0 Å². The van der Waals surface area contributed by atoms with Crippen LogP contribution < -0.4 is 5.32 Å². The summed E-state index contributed by atoms with van der Waals surface area (Å²) in [5.41, 5.74) is 4.16. The molecule has 2 rings (SSSR count). The molecule has 106 valence electrons. The summed E-state index contributed by atoms with van der Waals surface area (Å²) in [6.07, 6.45) is 3.94. The fourth-order valence-corrected chi connectivity index (χ4v) is 3.11. The molecule has 1 aliphatic heterocycles. The van der Waals surface area contributed by atoms with Gasteiger partial charge in [-0.05, 0) is 56.3 Å². The monoisotopic (exact) mass is 261 g/mol. The third-order valence-corrected chi connectivity index (χ3v) is 4.10. The minimum atomic E-state index is 0.277. The standard InChI is InChI=1S/C17H27NO/c1-4-10-18-12-15-9-6-11-19-17(15)16-13(2)7-5-8-14(16)3/h5,7-8,15,17-18H,4,6,9-12H2,1-3H3. The molecule has 1 heterocycles. The van der Waals surface area contributed by atoms with Gasteiger partial charge in [-0.25, -0.2) is 0 Å². The van der Waals surface area contributed by atoms with Crippen LogP contribution in [-0.4, -0.2) is 19.7 Å². The molecule has 1 fully saturated rings. The highest BCUT2D eigenvalue weighted by Gasteiger charge is 2.29. The maximum Gasteiger partial charge on any atom is 0.0870 e. The van der Waals surface area contributed by atoms with E-state index in [4.69, 9.17) is 4.74 Å². The van der Waals surface area contributed by atoms with Crippen molar-refractivity contribution >= 4 is 0 Å². The Hall–Kier alpha value is -0.860. The molecule has 1 aromatic carbocycles. The molecule has 0 saturated carbocycles. The Labute approximate surface area is 117 Å². The van der Waals surface area contributed by atoms with Crippen LogP contribution >= 0.6 is 0 Å². The molecule has 2 heteroatoms. The average molecular weight is 261 g/mol. The van der Waals surface area contributed by atoms with Crippen molar-refractivity contribution in [2.75, 3.05) is 19.7 Å². The maximum absolute atomic E-state index is 6.13. The highest BCUT2D eigenvalue weighted by Crippen LogP contribution is 2.36. The largest absolute Gasteiger partial charge is 0.373 e. The van der Waals surface area contributed by atoms with E-state index in [1.54, 1.807) is 0 Å². The molecule has 2 unspecified atom stereocenters. The number of hydrogen-bond acceptors (Lipinski definition) is 2. The van der Waals surface area contributed by atoms with Gasteiger partial charge in [0.1, 0.15) is 0 Å². The van der Waals surface area contributed by atoms with Gasteiger partial charge in [0.15, 0.2) is 0 Å². The zero-order chi connectivity index (χ0) is 13.7. The molecule has 0 amide bonds. The zero-order valence-corrected chi connectivity index (χ0v) is 12.5. The van der Waals surface area contributed by atoms with E-state index in [1.165, 1.54) is 36.0 Å². The lowest BCUT2D eigenvalue weighted by molar-refractivity contribution is -0.0283. The van der Waals surface area contributed by atoms with Crippen LogP contribution in [0.2, 0.25) is 0 Å². The number of nitrogens with one attached hydrogen (secondary N) is 1. The van der Waals surface area contributed by atoms with Crippen LogP contribution in [0.4, 0.5) is 0 Å². The molecular formula is C17H27NO. The number of ether oxygens (including phenoxy) is 1. The number of benzene rings is 1. The molecule has 2 nitrogen and oxygen atoms in total. The van der Waals surface area contributed by atoms with E-state index in [2.05, 4.69) is 44.3 Å². The van der Waals surface area contributed by atoms with Gasteiger partial charge in [0.25, 0.3) is 0 Å². The molecular weight excluding hydrogens is 234 g/mol. The Balaban J connectivity index is 2.14. The SMILES string of the molecule is CCCNCC1CCCOC1c1c(C)cccc1C. The Bertz CT molecular complexity index is 382. The molecule has 1 aromatic rings. The van der Waals surface area contributed by atoms with Crippen LogP contribution in [0, 0.1) is 19.8 Å². The predicted molar refractivity (Wildman–Crippen MR) is 80.5 cm³/mol. The van der Waals surface area contributed by atoms with Crippen molar-refractivity contribution in [2.24, 2.45) is 5.92 Å². The second-order valence-corrected chi connectivity index (χ2v) is 5.70. The lowest BCUT2D eigenvalue weighted by Crippen LogP contribution is -2.33. The summed E-state index contributed by atoms with van der Waals surface area (Å²) in [6, 6.07) is 6.55. The van der Waals surface area contributed by atoms with Crippen LogP contribution in [0.3, 0.4) is 0 Å². The van der Waals surface area contributed by atoms with E-state index in [-0.39, 0.29) is 6.10 Å². The van der Waals surface area contributed by atoms with Gasteiger partial charge in [-0.1, -0.05) is 25.1 Å². The second-order valence-electron chi connectivity index (χ2n) is 5.70. The highest BCUT2D eigenvalue weighted by molar-refractivity contribution is 5.36. The van der Waals surface area contributed by atoms with Crippen molar-refractivity contribution < 1.29 is 4.74 Å². The molecule has 0 aromatic heterocycles. The van der Waals surface area contributed by atoms with E-state index < -0.39 is 0 Å². The van der Waals surface area contributed by atoms with E-state index in [0.717, 1.165) is 19.7 Å². The van der Waals surface area contributed by atoms with Gasteiger partial charge in [0, 0.05) is 19.1 Å². The third-order valence-electron chi connectivity index (χ3n) is 4.10. The molecule has 1 N–H and O–H groups in total. The van der Waals surface area contributed by atoms with Crippen LogP contribution in [0.15, 0.2) is 18.2 Å². The molecule has 19 heavy (non-hydrogen) atoms. The molecule has 2 atom stereocenters. The Morgan fingerprint density at radius 2 is 2.00 bits per heavy atom.